The zero-order chi connectivity index (χ0) is 21.7. The van der Waals surface area contributed by atoms with E-state index in [1.54, 1.807) is 18.2 Å². The second-order valence-corrected chi connectivity index (χ2v) is 7.47. The second kappa shape index (κ2) is 9.63. The molecule has 1 N–H and O–H groups in total. The Balaban J connectivity index is 1.55. The topological polar surface area (TPSA) is 84.9 Å². The molecule has 1 heterocycles. The lowest BCUT2D eigenvalue weighted by Gasteiger charge is -2.19. The van der Waals surface area contributed by atoms with Crippen molar-refractivity contribution in [2.45, 2.75) is 19.4 Å². The summed E-state index contributed by atoms with van der Waals surface area (Å²) in [5.41, 5.74) is 1.45. The number of anilines is 1. The van der Waals surface area contributed by atoms with Crippen LogP contribution in [0.2, 0.25) is 5.02 Å². The number of amides is 2. The molecular weight excluding hydrogens is 408 g/mol. The fourth-order valence-electron chi connectivity index (χ4n) is 3.34. The predicted molar refractivity (Wildman–Crippen MR) is 112 cm³/mol. The van der Waals surface area contributed by atoms with E-state index in [0.29, 0.717) is 16.5 Å². The molecule has 0 aromatic heterocycles. The van der Waals surface area contributed by atoms with Crippen LogP contribution in [0.3, 0.4) is 0 Å². The number of carbonyl (C=O) groups excluding carboxylic acids is 3. The highest BCUT2D eigenvalue weighted by atomic mass is 35.5. The summed E-state index contributed by atoms with van der Waals surface area (Å²) in [6.45, 7) is 1.58. The van der Waals surface area contributed by atoms with E-state index in [0.717, 1.165) is 5.56 Å². The zero-order valence-electron chi connectivity index (χ0n) is 16.8. The molecule has 1 saturated heterocycles. The van der Waals surface area contributed by atoms with Gasteiger partial charge >= 0.3 is 5.97 Å². The van der Waals surface area contributed by atoms with Gasteiger partial charge in [0.1, 0.15) is 5.75 Å². The van der Waals surface area contributed by atoms with Gasteiger partial charge in [-0.25, -0.2) is 0 Å². The summed E-state index contributed by atoms with van der Waals surface area (Å²) in [6, 6.07) is 14.2. The van der Waals surface area contributed by atoms with Crippen molar-refractivity contribution in [2.75, 3.05) is 25.2 Å². The van der Waals surface area contributed by atoms with Gasteiger partial charge in [0.25, 0.3) is 5.91 Å². The maximum atomic E-state index is 12.4. The maximum absolute atomic E-state index is 12.4. The number of carbonyl (C=O) groups is 3. The highest BCUT2D eigenvalue weighted by Crippen LogP contribution is 2.35. The zero-order valence-corrected chi connectivity index (χ0v) is 17.5. The first kappa shape index (κ1) is 21.6. The van der Waals surface area contributed by atoms with Crippen LogP contribution in [0.1, 0.15) is 24.9 Å². The molecule has 0 radical (unpaired) electrons. The van der Waals surface area contributed by atoms with Gasteiger partial charge in [-0.05, 0) is 30.7 Å². The van der Waals surface area contributed by atoms with Crippen LogP contribution in [0.15, 0.2) is 48.5 Å². The van der Waals surface area contributed by atoms with Gasteiger partial charge in [0, 0.05) is 18.0 Å². The predicted octanol–water partition coefficient (Wildman–Crippen LogP) is 3.12. The second-order valence-electron chi connectivity index (χ2n) is 7.03. The van der Waals surface area contributed by atoms with Crippen LogP contribution in [0, 0.1) is 5.92 Å². The average molecular weight is 431 g/mol. The third kappa shape index (κ3) is 5.10. The minimum Gasteiger partial charge on any atom is -0.495 e. The number of ether oxygens (including phenoxy) is 2. The molecule has 7 nitrogen and oxygen atoms in total. The fraction of sp³-hybridized carbons (Fsp3) is 0.318. The minimum absolute atomic E-state index is 0.00343. The van der Waals surface area contributed by atoms with Gasteiger partial charge in [-0.1, -0.05) is 41.9 Å². The molecule has 2 aromatic rings. The molecule has 0 unspecified atom stereocenters. The lowest BCUT2D eigenvalue weighted by atomic mass is 10.1. The minimum atomic E-state index is -0.666. The summed E-state index contributed by atoms with van der Waals surface area (Å²) >= 11 is 6.04. The van der Waals surface area contributed by atoms with Crippen molar-refractivity contribution < 1.29 is 23.9 Å². The van der Waals surface area contributed by atoms with Gasteiger partial charge in [-0.2, -0.15) is 0 Å². The molecule has 2 amide bonds. The van der Waals surface area contributed by atoms with Gasteiger partial charge in [-0.15, -0.1) is 0 Å². The van der Waals surface area contributed by atoms with E-state index >= 15 is 0 Å². The van der Waals surface area contributed by atoms with E-state index in [1.807, 2.05) is 37.3 Å². The number of hydrogen-bond acceptors (Lipinski definition) is 5. The van der Waals surface area contributed by atoms with Crippen LogP contribution < -0.4 is 15.0 Å². The monoisotopic (exact) mass is 430 g/mol. The molecule has 158 valence electrons. The van der Waals surface area contributed by atoms with Gasteiger partial charge in [0.15, 0.2) is 6.61 Å². The molecule has 2 aromatic carbocycles. The summed E-state index contributed by atoms with van der Waals surface area (Å²) in [5.74, 6) is -1.41. The molecule has 2 atom stereocenters. The number of esters is 1. The average Bonchev–Trinajstić information content (AvgIpc) is 3.14. The van der Waals surface area contributed by atoms with Crippen molar-refractivity contribution >= 4 is 35.1 Å². The molecular formula is C22H23ClN2O5. The Labute approximate surface area is 179 Å². The smallest absolute Gasteiger partial charge is 0.311 e. The van der Waals surface area contributed by atoms with Crippen molar-refractivity contribution in [2.24, 2.45) is 5.92 Å². The van der Waals surface area contributed by atoms with Crippen LogP contribution >= 0.6 is 11.6 Å². The molecule has 0 aliphatic carbocycles. The van der Waals surface area contributed by atoms with Crippen molar-refractivity contribution in [3.63, 3.8) is 0 Å². The molecule has 30 heavy (non-hydrogen) atoms. The normalized spacial score (nSPS) is 16.8. The first-order valence-corrected chi connectivity index (χ1v) is 9.91. The Morgan fingerprint density at radius 3 is 2.67 bits per heavy atom. The first-order chi connectivity index (χ1) is 14.4. The summed E-state index contributed by atoms with van der Waals surface area (Å²) in [7, 11) is 1.49. The molecule has 1 fully saturated rings. The van der Waals surface area contributed by atoms with Crippen LogP contribution in [0.25, 0.3) is 0 Å². The summed E-state index contributed by atoms with van der Waals surface area (Å²) < 4.78 is 10.4. The number of rotatable bonds is 7. The van der Waals surface area contributed by atoms with Crippen molar-refractivity contribution in [1.29, 1.82) is 0 Å². The molecule has 3 rings (SSSR count). The molecule has 1 aliphatic rings. The van der Waals surface area contributed by atoms with Gasteiger partial charge in [0.05, 0.1) is 24.8 Å². The highest BCUT2D eigenvalue weighted by Gasteiger charge is 2.37. The summed E-state index contributed by atoms with van der Waals surface area (Å²) in [4.78, 5) is 38.4. The Kier molecular flexibility index (Phi) is 6.95. The standard InChI is InChI=1S/C22H23ClN2O5/c1-14(15-6-4-3-5-7-15)24-20(26)13-30-22(28)16-10-21(27)25(12-16)18-11-17(23)8-9-19(18)29-2/h3-9,11,14,16H,10,12-13H2,1-2H3,(H,24,26)/t14-,16-/m1/s1. The number of hydrogen-bond donors (Lipinski definition) is 1. The van der Waals surface area contributed by atoms with Crippen molar-refractivity contribution in [3.8, 4) is 5.75 Å². The maximum Gasteiger partial charge on any atom is 0.311 e. The van der Waals surface area contributed by atoms with Gasteiger partial charge in [0.2, 0.25) is 5.91 Å². The number of methoxy groups -OCH3 is 1. The van der Waals surface area contributed by atoms with Crippen LogP contribution in [-0.2, 0) is 19.1 Å². The molecule has 8 heteroatoms. The van der Waals surface area contributed by atoms with E-state index in [4.69, 9.17) is 21.1 Å². The van der Waals surface area contributed by atoms with E-state index in [1.165, 1.54) is 12.0 Å². The largest absolute Gasteiger partial charge is 0.495 e. The van der Waals surface area contributed by atoms with Crippen molar-refractivity contribution in [1.82, 2.24) is 5.32 Å². The lowest BCUT2D eigenvalue weighted by Crippen LogP contribution is -2.32. The van der Waals surface area contributed by atoms with Gasteiger partial charge < -0.3 is 19.7 Å². The number of benzene rings is 2. The Morgan fingerprint density at radius 1 is 1.23 bits per heavy atom. The number of halogens is 1. The number of nitrogens with zero attached hydrogens (tertiary/aromatic N) is 1. The summed E-state index contributed by atoms with van der Waals surface area (Å²) in [5, 5.41) is 3.23. The molecule has 0 bridgehead atoms. The van der Waals surface area contributed by atoms with E-state index in [-0.39, 0.29) is 24.9 Å². The van der Waals surface area contributed by atoms with Crippen molar-refractivity contribution in [3.05, 3.63) is 59.1 Å². The quantitative estimate of drug-likeness (QED) is 0.682. The molecule has 0 spiro atoms. The number of nitrogens with one attached hydrogen (secondary N) is 1. The SMILES string of the molecule is COc1ccc(Cl)cc1N1C[C@H](C(=O)OCC(=O)N[C@H](C)c2ccccc2)CC1=O. The Bertz CT molecular complexity index is 934. The first-order valence-electron chi connectivity index (χ1n) is 9.54. The highest BCUT2D eigenvalue weighted by molar-refractivity contribution is 6.31. The van der Waals surface area contributed by atoms with E-state index in [9.17, 15) is 14.4 Å². The third-order valence-corrected chi connectivity index (χ3v) is 5.15. The Morgan fingerprint density at radius 2 is 1.97 bits per heavy atom. The van der Waals surface area contributed by atoms with Gasteiger partial charge in [-0.3, -0.25) is 14.4 Å². The van der Waals surface area contributed by atoms with Crippen LogP contribution in [-0.4, -0.2) is 38.0 Å². The van der Waals surface area contributed by atoms with Crippen LogP contribution in [0.4, 0.5) is 5.69 Å². The Hall–Kier alpha value is -3.06. The fourth-order valence-corrected chi connectivity index (χ4v) is 3.50. The summed E-state index contributed by atoms with van der Waals surface area (Å²) in [6.07, 6.45) is -0.00343. The molecule has 1 aliphatic heterocycles. The van der Waals surface area contributed by atoms with E-state index in [2.05, 4.69) is 5.32 Å². The van der Waals surface area contributed by atoms with Crippen LogP contribution in [0.5, 0.6) is 5.75 Å². The lowest BCUT2D eigenvalue weighted by molar-refractivity contribution is -0.152. The molecule has 0 saturated carbocycles. The third-order valence-electron chi connectivity index (χ3n) is 4.91. The van der Waals surface area contributed by atoms with E-state index < -0.39 is 24.4 Å².